The highest BCUT2D eigenvalue weighted by atomic mass is 35.5. The zero-order valence-electron chi connectivity index (χ0n) is 10.8. The summed E-state index contributed by atoms with van der Waals surface area (Å²) in [5.74, 6) is 0.900. The molecule has 0 radical (unpaired) electrons. The maximum Gasteiger partial charge on any atom is 0.148 e. The molecule has 0 aliphatic carbocycles. The lowest BCUT2D eigenvalue weighted by atomic mass is 10.2. The Morgan fingerprint density at radius 2 is 2.06 bits per heavy atom. The summed E-state index contributed by atoms with van der Waals surface area (Å²) in [6, 6.07) is 5.40. The van der Waals surface area contributed by atoms with Crippen molar-refractivity contribution in [3.8, 4) is 5.75 Å². The summed E-state index contributed by atoms with van der Waals surface area (Å²) in [6.07, 6.45) is 1.24. The standard InChI is InChI=1S/C12H18ClNO3S/c1-14(6-7-18(3,15)16)9-10-8-11(13)4-5-12(10)17-2/h4-5,8H,6-7,9H2,1-3H3. The summed E-state index contributed by atoms with van der Waals surface area (Å²) in [5, 5.41) is 0.641. The van der Waals surface area contributed by atoms with Crippen LogP contribution in [-0.4, -0.2) is 46.0 Å². The van der Waals surface area contributed by atoms with Crippen LogP contribution in [0.3, 0.4) is 0 Å². The minimum Gasteiger partial charge on any atom is -0.496 e. The second kappa shape index (κ2) is 6.41. The maximum absolute atomic E-state index is 11.1. The van der Waals surface area contributed by atoms with Gasteiger partial charge in [-0.05, 0) is 25.2 Å². The molecule has 1 rings (SSSR count). The van der Waals surface area contributed by atoms with Crippen LogP contribution in [0.4, 0.5) is 0 Å². The van der Waals surface area contributed by atoms with Crippen LogP contribution in [0.5, 0.6) is 5.75 Å². The fraction of sp³-hybridized carbons (Fsp3) is 0.500. The number of nitrogens with zero attached hydrogens (tertiary/aromatic N) is 1. The molecule has 0 aliphatic rings. The number of ether oxygens (including phenoxy) is 1. The van der Waals surface area contributed by atoms with Crippen LogP contribution in [0.2, 0.25) is 5.02 Å². The first kappa shape index (κ1) is 15.3. The van der Waals surface area contributed by atoms with E-state index >= 15 is 0 Å². The molecule has 1 aromatic rings. The van der Waals surface area contributed by atoms with Gasteiger partial charge in [0.2, 0.25) is 0 Å². The van der Waals surface area contributed by atoms with Crippen molar-refractivity contribution in [1.29, 1.82) is 0 Å². The molecule has 0 atom stereocenters. The number of hydrogen-bond acceptors (Lipinski definition) is 4. The third-order valence-electron chi connectivity index (χ3n) is 2.53. The smallest absolute Gasteiger partial charge is 0.148 e. The monoisotopic (exact) mass is 291 g/mol. The van der Waals surface area contributed by atoms with E-state index in [1.165, 1.54) is 6.26 Å². The molecular formula is C12H18ClNO3S. The molecule has 0 aromatic heterocycles. The first-order valence-corrected chi connectivity index (χ1v) is 7.94. The third kappa shape index (κ3) is 5.25. The van der Waals surface area contributed by atoms with Gasteiger partial charge in [0.15, 0.2) is 0 Å². The quantitative estimate of drug-likeness (QED) is 0.802. The van der Waals surface area contributed by atoms with Gasteiger partial charge in [0.1, 0.15) is 15.6 Å². The minimum absolute atomic E-state index is 0.145. The largest absolute Gasteiger partial charge is 0.496 e. The molecule has 0 saturated carbocycles. The summed E-state index contributed by atoms with van der Waals surface area (Å²) in [4.78, 5) is 1.93. The third-order valence-corrected chi connectivity index (χ3v) is 3.69. The molecule has 0 bridgehead atoms. The Morgan fingerprint density at radius 1 is 1.39 bits per heavy atom. The molecule has 4 nitrogen and oxygen atoms in total. The average molecular weight is 292 g/mol. The molecule has 0 aliphatic heterocycles. The molecule has 1 aromatic carbocycles. The zero-order valence-corrected chi connectivity index (χ0v) is 12.4. The summed E-state index contributed by atoms with van der Waals surface area (Å²) >= 11 is 5.94. The van der Waals surface area contributed by atoms with E-state index in [4.69, 9.17) is 16.3 Å². The van der Waals surface area contributed by atoms with Gasteiger partial charge < -0.3 is 9.64 Å². The second-order valence-electron chi connectivity index (χ2n) is 4.32. The van der Waals surface area contributed by atoms with Crippen LogP contribution >= 0.6 is 11.6 Å². The first-order valence-electron chi connectivity index (χ1n) is 5.50. The van der Waals surface area contributed by atoms with Gasteiger partial charge in [-0.25, -0.2) is 8.42 Å². The van der Waals surface area contributed by atoms with Gasteiger partial charge in [0.25, 0.3) is 0 Å². The fourth-order valence-corrected chi connectivity index (χ4v) is 2.40. The Hall–Kier alpha value is -0.780. The van der Waals surface area contributed by atoms with Crippen LogP contribution in [0.25, 0.3) is 0 Å². The highest BCUT2D eigenvalue weighted by Crippen LogP contribution is 2.23. The van der Waals surface area contributed by atoms with Gasteiger partial charge in [-0.2, -0.15) is 0 Å². The maximum atomic E-state index is 11.1. The van der Waals surface area contributed by atoms with E-state index < -0.39 is 9.84 Å². The van der Waals surface area contributed by atoms with Gasteiger partial charge in [0, 0.05) is 29.9 Å². The SMILES string of the molecule is COc1ccc(Cl)cc1CN(C)CCS(C)(=O)=O. The molecule has 0 spiro atoms. The molecule has 0 unspecified atom stereocenters. The summed E-state index contributed by atoms with van der Waals surface area (Å²) in [5.41, 5.74) is 0.945. The van der Waals surface area contributed by atoms with Crippen molar-refractivity contribution >= 4 is 21.4 Å². The van der Waals surface area contributed by atoms with Crippen LogP contribution in [0, 0.1) is 0 Å². The van der Waals surface area contributed by atoms with Gasteiger partial charge >= 0.3 is 0 Å². The highest BCUT2D eigenvalue weighted by molar-refractivity contribution is 7.90. The minimum atomic E-state index is -2.93. The number of rotatable bonds is 6. The Kier molecular flexibility index (Phi) is 5.44. The molecule has 0 heterocycles. The van der Waals surface area contributed by atoms with Gasteiger partial charge in [-0.3, -0.25) is 0 Å². The van der Waals surface area contributed by atoms with E-state index in [9.17, 15) is 8.42 Å². The van der Waals surface area contributed by atoms with Gasteiger partial charge in [-0.1, -0.05) is 11.6 Å². The number of methoxy groups -OCH3 is 1. The average Bonchev–Trinajstić information content (AvgIpc) is 2.26. The van der Waals surface area contributed by atoms with E-state index in [0.717, 1.165) is 11.3 Å². The lowest BCUT2D eigenvalue weighted by Gasteiger charge is -2.18. The van der Waals surface area contributed by atoms with Crippen molar-refractivity contribution < 1.29 is 13.2 Å². The normalized spacial score (nSPS) is 11.8. The zero-order chi connectivity index (χ0) is 13.8. The fourth-order valence-electron chi connectivity index (χ4n) is 1.56. The van der Waals surface area contributed by atoms with Crippen molar-refractivity contribution in [3.05, 3.63) is 28.8 Å². The number of benzene rings is 1. The summed E-state index contributed by atoms with van der Waals surface area (Å²) in [7, 11) is 0.533. The lowest BCUT2D eigenvalue weighted by Crippen LogP contribution is -2.25. The molecule has 18 heavy (non-hydrogen) atoms. The van der Waals surface area contributed by atoms with Crippen LogP contribution in [0.1, 0.15) is 5.56 Å². The summed E-state index contributed by atoms with van der Waals surface area (Å²) < 4.78 is 27.4. The molecule has 0 amide bonds. The van der Waals surface area contributed by atoms with Crippen molar-refractivity contribution in [2.45, 2.75) is 6.54 Å². The Morgan fingerprint density at radius 3 is 2.61 bits per heavy atom. The highest BCUT2D eigenvalue weighted by Gasteiger charge is 2.09. The molecule has 102 valence electrons. The van der Waals surface area contributed by atoms with E-state index in [-0.39, 0.29) is 5.75 Å². The van der Waals surface area contributed by atoms with E-state index in [2.05, 4.69) is 0 Å². The first-order chi connectivity index (χ1) is 8.31. The van der Waals surface area contributed by atoms with Crippen molar-refractivity contribution in [1.82, 2.24) is 4.90 Å². The molecule has 6 heteroatoms. The topological polar surface area (TPSA) is 46.6 Å². The van der Waals surface area contributed by atoms with Gasteiger partial charge in [0.05, 0.1) is 12.9 Å². The van der Waals surface area contributed by atoms with Crippen molar-refractivity contribution in [3.63, 3.8) is 0 Å². The molecule has 0 saturated heterocycles. The number of hydrogen-bond donors (Lipinski definition) is 0. The number of halogens is 1. The molecular weight excluding hydrogens is 274 g/mol. The summed E-state index contributed by atoms with van der Waals surface area (Å²) in [6.45, 7) is 1.08. The second-order valence-corrected chi connectivity index (χ2v) is 7.02. The van der Waals surface area contributed by atoms with Crippen LogP contribution in [-0.2, 0) is 16.4 Å². The molecule has 0 fully saturated rings. The lowest BCUT2D eigenvalue weighted by molar-refractivity contribution is 0.333. The van der Waals surface area contributed by atoms with Crippen molar-refractivity contribution in [2.24, 2.45) is 0 Å². The Bertz CT molecular complexity index is 502. The van der Waals surface area contributed by atoms with E-state index in [1.54, 1.807) is 13.2 Å². The van der Waals surface area contributed by atoms with Crippen LogP contribution < -0.4 is 4.74 Å². The predicted molar refractivity (Wildman–Crippen MR) is 74.0 cm³/mol. The van der Waals surface area contributed by atoms with E-state index in [1.807, 2.05) is 24.1 Å². The van der Waals surface area contributed by atoms with Gasteiger partial charge in [-0.15, -0.1) is 0 Å². The number of sulfone groups is 1. The van der Waals surface area contributed by atoms with Crippen LogP contribution in [0.15, 0.2) is 18.2 Å². The molecule has 0 N–H and O–H groups in total. The Balaban J connectivity index is 2.69. The van der Waals surface area contributed by atoms with E-state index in [0.29, 0.717) is 18.1 Å². The predicted octanol–water partition coefficient (Wildman–Crippen LogP) is 1.82. The van der Waals surface area contributed by atoms with Crippen molar-refractivity contribution in [2.75, 3.05) is 32.7 Å². The Labute approximate surface area is 113 Å².